The molecule has 38 heavy (non-hydrogen) atoms. The quantitative estimate of drug-likeness (QED) is 0.285. The van der Waals surface area contributed by atoms with Crippen LogP contribution in [0.15, 0.2) is 103 Å². The molecule has 1 aliphatic carbocycles. The first-order valence-electron chi connectivity index (χ1n) is 12.9. The molecule has 0 atom stereocenters. The van der Waals surface area contributed by atoms with E-state index in [1.54, 1.807) is 0 Å². The van der Waals surface area contributed by atoms with E-state index in [4.69, 9.17) is 15.8 Å². The number of aromatic nitrogens is 3. The molecular weight excluding hydrogens is 466 g/mol. The fourth-order valence-electron chi connectivity index (χ4n) is 5.51. The molecule has 0 amide bonds. The van der Waals surface area contributed by atoms with Crippen LogP contribution in [-0.4, -0.2) is 14.6 Å². The highest BCUT2D eigenvalue weighted by Crippen LogP contribution is 2.40. The van der Waals surface area contributed by atoms with Crippen LogP contribution in [0.2, 0.25) is 0 Å². The van der Waals surface area contributed by atoms with Crippen LogP contribution in [-0.2, 0) is 5.54 Å². The first kappa shape index (κ1) is 22.4. The number of hydrogen-bond donors (Lipinski definition) is 1. The van der Waals surface area contributed by atoms with Crippen LogP contribution in [0.25, 0.3) is 50.1 Å². The predicted octanol–water partition coefficient (Wildman–Crippen LogP) is 7.09. The van der Waals surface area contributed by atoms with Gasteiger partial charge in [0, 0.05) is 33.8 Å². The van der Waals surface area contributed by atoms with E-state index in [9.17, 15) is 5.26 Å². The minimum atomic E-state index is -0.195. The van der Waals surface area contributed by atoms with E-state index in [0.717, 1.165) is 62.9 Å². The lowest BCUT2D eigenvalue weighted by molar-refractivity contribution is 0.253. The summed E-state index contributed by atoms with van der Waals surface area (Å²) in [7, 11) is 0. The summed E-state index contributed by atoms with van der Waals surface area (Å²) in [6.45, 7) is 0. The zero-order chi connectivity index (χ0) is 25.7. The second kappa shape index (κ2) is 8.65. The molecule has 0 radical (unpaired) electrons. The average molecular weight is 492 g/mol. The molecule has 1 fully saturated rings. The zero-order valence-electron chi connectivity index (χ0n) is 20.8. The molecule has 6 aromatic rings. The average Bonchev–Trinajstić information content (AvgIpc) is 3.33. The highest BCUT2D eigenvalue weighted by Gasteiger charge is 2.34. The van der Waals surface area contributed by atoms with Crippen molar-refractivity contribution < 1.29 is 0 Å². The van der Waals surface area contributed by atoms with Gasteiger partial charge >= 0.3 is 0 Å². The summed E-state index contributed by atoms with van der Waals surface area (Å²) in [5.41, 5.74) is 15.9. The van der Waals surface area contributed by atoms with E-state index in [0.29, 0.717) is 5.56 Å². The summed E-state index contributed by atoms with van der Waals surface area (Å²) >= 11 is 0. The van der Waals surface area contributed by atoms with Gasteiger partial charge in [-0.05, 0) is 54.2 Å². The monoisotopic (exact) mass is 491 g/mol. The van der Waals surface area contributed by atoms with Gasteiger partial charge in [0.1, 0.15) is 5.52 Å². The van der Waals surface area contributed by atoms with E-state index in [-0.39, 0.29) is 5.54 Å². The van der Waals surface area contributed by atoms with Gasteiger partial charge in [-0.25, -0.2) is 9.50 Å². The van der Waals surface area contributed by atoms with E-state index >= 15 is 0 Å². The molecule has 0 saturated heterocycles. The standard InChI is InChI=1S/C33H25N5/c34-20-22-7-4-10-25(19-22)27-11-5-12-28-31(27)37-38-21-29(23-8-2-1-3-9-23)30(36-32(28)38)24-13-15-26(16-14-24)33(35)17-6-18-33/h1-5,7-16,19,21H,6,17-18,35H2. The zero-order valence-corrected chi connectivity index (χ0v) is 20.8. The molecule has 182 valence electrons. The molecule has 7 rings (SSSR count). The van der Waals surface area contributed by atoms with Crippen LogP contribution in [0.3, 0.4) is 0 Å². The second-order valence-corrected chi connectivity index (χ2v) is 10.1. The first-order chi connectivity index (χ1) is 18.6. The molecule has 5 heteroatoms. The molecule has 1 aliphatic rings. The number of benzene rings is 4. The van der Waals surface area contributed by atoms with Crippen molar-refractivity contribution in [2.75, 3.05) is 0 Å². The lowest BCUT2D eigenvalue weighted by atomic mass is 9.72. The lowest BCUT2D eigenvalue weighted by Crippen LogP contribution is -2.43. The third-order valence-corrected chi connectivity index (χ3v) is 7.79. The van der Waals surface area contributed by atoms with E-state index < -0.39 is 0 Å². The Morgan fingerprint density at radius 2 is 1.55 bits per heavy atom. The van der Waals surface area contributed by atoms with Crippen molar-refractivity contribution >= 4 is 16.6 Å². The third-order valence-electron chi connectivity index (χ3n) is 7.79. The van der Waals surface area contributed by atoms with Gasteiger partial charge in [0.05, 0.1) is 17.3 Å². The molecule has 2 heterocycles. The summed E-state index contributed by atoms with van der Waals surface area (Å²) in [5, 5.41) is 15.4. The lowest BCUT2D eigenvalue weighted by Gasteiger charge is -2.38. The van der Waals surface area contributed by atoms with Crippen molar-refractivity contribution in [3.8, 4) is 39.6 Å². The summed E-state index contributed by atoms with van der Waals surface area (Å²) in [5.74, 6) is 0. The number of hydrogen-bond acceptors (Lipinski definition) is 4. The molecule has 2 N–H and O–H groups in total. The number of fused-ring (bicyclic) bond motifs is 3. The maximum absolute atomic E-state index is 9.41. The van der Waals surface area contributed by atoms with Gasteiger partial charge in [-0.3, -0.25) is 0 Å². The van der Waals surface area contributed by atoms with Gasteiger partial charge in [-0.2, -0.15) is 10.4 Å². The molecule has 0 bridgehead atoms. The highest BCUT2D eigenvalue weighted by molar-refractivity contribution is 6.02. The van der Waals surface area contributed by atoms with Crippen LogP contribution in [0.5, 0.6) is 0 Å². The van der Waals surface area contributed by atoms with Gasteiger partial charge in [0.25, 0.3) is 0 Å². The second-order valence-electron chi connectivity index (χ2n) is 10.1. The number of nitrogens with two attached hydrogens (primary N) is 1. The van der Waals surface area contributed by atoms with Gasteiger partial charge in [-0.1, -0.05) is 78.9 Å². The fourth-order valence-corrected chi connectivity index (χ4v) is 5.51. The van der Waals surface area contributed by atoms with Crippen LogP contribution in [0, 0.1) is 11.3 Å². The first-order valence-corrected chi connectivity index (χ1v) is 12.9. The van der Waals surface area contributed by atoms with Crippen molar-refractivity contribution in [2.45, 2.75) is 24.8 Å². The van der Waals surface area contributed by atoms with Crippen LogP contribution >= 0.6 is 0 Å². The molecular formula is C33H25N5. The smallest absolute Gasteiger partial charge is 0.163 e. The maximum Gasteiger partial charge on any atom is 0.163 e. The van der Waals surface area contributed by atoms with Crippen LogP contribution in [0.1, 0.15) is 30.4 Å². The van der Waals surface area contributed by atoms with E-state index in [2.05, 4.69) is 54.7 Å². The van der Waals surface area contributed by atoms with Crippen molar-refractivity contribution in [1.82, 2.24) is 14.6 Å². The van der Waals surface area contributed by atoms with Gasteiger partial charge in [0.2, 0.25) is 0 Å². The normalized spacial score (nSPS) is 14.3. The number of nitriles is 1. The highest BCUT2D eigenvalue weighted by atomic mass is 15.2. The van der Waals surface area contributed by atoms with Crippen LogP contribution in [0.4, 0.5) is 0 Å². The Morgan fingerprint density at radius 3 is 2.29 bits per heavy atom. The maximum atomic E-state index is 9.41. The largest absolute Gasteiger partial charge is 0.321 e. The topological polar surface area (TPSA) is 80.0 Å². The Labute approximate surface area is 220 Å². The minimum absolute atomic E-state index is 0.195. The molecule has 0 unspecified atom stereocenters. The summed E-state index contributed by atoms with van der Waals surface area (Å²) < 4.78 is 1.88. The third kappa shape index (κ3) is 3.58. The predicted molar refractivity (Wildman–Crippen MR) is 151 cm³/mol. The molecule has 5 nitrogen and oxygen atoms in total. The Bertz CT molecular complexity index is 1860. The SMILES string of the molecule is N#Cc1cccc(-c2cccc3c2nn2cc(-c4ccccc4)c(-c4ccc(C5(N)CCC5)cc4)nc32)c1. The molecule has 1 saturated carbocycles. The van der Waals surface area contributed by atoms with Crippen molar-refractivity contribution in [2.24, 2.45) is 5.73 Å². The van der Waals surface area contributed by atoms with E-state index in [1.165, 1.54) is 12.0 Å². The molecule has 2 aromatic heterocycles. The molecule has 0 spiro atoms. The Balaban J connectivity index is 1.45. The molecule has 0 aliphatic heterocycles. The fraction of sp³-hybridized carbons (Fsp3) is 0.121. The number of nitrogens with zero attached hydrogens (tertiary/aromatic N) is 4. The van der Waals surface area contributed by atoms with Crippen molar-refractivity contribution in [1.29, 1.82) is 5.26 Å². The van der Waals surface area contributed by atoms with Crippen molar-refractivity contribution in [3.63, 3.8) is 0 Å². The Kier molecular flexibility index (Phi) is 5.10. The summed E-state index contributed by atoms with van der Waals surface area (Å²) in [6, 6.07) is 34.9. The van der Waals surface area contributed by atoms with Gasteiger partial charge in [0.15, 0.2) is 5.65 Å². The summed E-state index contributed by atoms with van der Waals surface area (Å²) in [4.78, 5) is 5.22. The minimum Gasteiger partial charge on any atom is -0.321 e. The van der Waals surface area contributed by atoms with E-state index in [1.807, 2.05) is 59.1 Å². The van der Waals surface area contributed by atoms with Crippen LogP contribution < -0.4 is 5.73 Å². The Hall–Kier alpha value is -4.79. The van der Waals surface area contributed by atoms with Crippen molar-refractivity contribution in [3.05, 3.63) is 114 Å². The van der Waals surface area contributed by atoms with Gasteiger partial charge < -0.3 is 5.73 Å². The summed E-state index contributed by atoms with van der Waals surface area (Å²) in [6.07, 6.45) is 5.33. The number of rotatable bonds is 4. The Morgan fingerprint density at radius 1 is 0.789 bits per heavy atom. The van der Waals surface area contributed by atoms with Gasteiger partial charge in [-0.15, -0.1) is 0 Å². The molecule has 4 aromatic carbocycles.